The maximum Gasteiger partial charge on any atom is 0.238 e. The number of hydrogen-bond donors (Lipinski definition) is 3. The lowest BCUT2D eigenvalue weighted by Gasteiger charge is -2.09. The zero-order valence-corrected chi connectivity index (χ0v) is 12.0. The van der Waals surface area contributed by atoms with Gasteiger partial charge < -0.3 is 16.0 Å². The fraction of sp³-hybridized carbons (Fsp3) is 0.500. The molecule has 2 aliphatic carbocycles. The van der Waals surface area contributed by atoms with E-state index in [-0.39, 0.29) is 17.7 Å². The molecule has 0 radical (unpaired) electrons. The number of rotatable bonds is 7. The van der Waals surface area contributed by atoms with Crippen molar-refractivity contribution in [1.29, 1.82) is 0 Å². The van der Waals surface area contributed by atoms with Crippen LogP contribution in [-0.4, -0.2) is 24.9 Å². The molecule has 0 heterocycles. The average Bonchev–Trinajstić information content (AvgIpc) is 3.32. The van der Waals surface area contributed by atoms with E-state index in [0.717, 1.165) is 31.0 Å². The Bertz CT molecular complexity index is 536. The Kier molecular flexibility index (Phi) is 4.20. The Morgan fingerprint density at radius 1 is 1.05 bits per heavy atom. The van der Waals surface area contributed by atoms with Crippen molar-refractivity contribution in [3.63, 3.8) is 0 Å². The van der Waals surface area contributed by atoms with Crippen LogP contribution in [0.2, 0.25) is 0 Å². The summed E-state index contributed by atoms with van der Waals surface area (Å²) in [6, 6.07) is 7.28. The van der Waals surface area contributed by atoms with Gasteiger partial charge >= 0.3 is 0 Å². The summed E-state index contributed by atoms with van der Waals surface area (Å²) in [5.74, 6) is 0.958. The molecule has 0 aromatic heterocycles. The molecule has 3 N–H and O–H groups in total. The first kappa shape index (κ1) is 14.1. The number of anilines is 2. The number of hydrogen-bond acceptors (Lipinski definition) is 3. The van der Waals surface area contributed by atoms with Crippen LogP contribution >= 0.6 is 0 Å². The van der Waals surface area contributed by atoms with Crippen LogP contribution in [0.4, 0.5) is 11.4 Å². The molecule has 3 rings (SSSR count). The first-order valence-electron chi connectivity index (χ1n) is 7.62. The molecule has 5 heteroatoms. The van der Waals surface area contributed by atoms with Crippen molar-refractivity contribution >= 4 is 23.2 Å². The second-order valence-electron chi connectivity index (χ2n) is 5.97. The zero-order chi connectivity index (χ0) is 14.7. The molecule has 21 heavy (non-hydrogen) atoms. The highest BCUT2D eigenvalue weighted by molar-refractivity contribution is 5.96. The minimum atomic E-state index is -0.0543. The first-order chi connectivity index (χ1) is 10.2. The lowest BCUT2D eigenvalue weighted by atomic mass is 10.2. The fourth-order valence-electron chi connectivity index (χ4n) is 2.18. The van der Waals surface area contributed by atoms with Crippen LogP contribution in [-0.2, 0) is 9.59 Å². The summed E-state index contributed by atoms with van der Waals surface area (Å²) in [6.07, 6.45) is 4.51. The first-order valence-corrected chi connectivity index (χ1v) is 7.62. The summed E-state index contributed by atoms with van der Waals surface area (Å²) < 4.78 is 0. The van der Waals surface area contributed by atoms with Gasteiger partial charge in [0.1, 0.15) is 0 Å². The molecule has 0 unspecified atom stereocenters. The lowest BCUT2D eigenvalue weighted by Crippen LogP contribution is -2.29. The third kappa shape index (κ3) is 4.56. The number of benzene rings is 1. The molecule has 2 saturated carbocycles. The predicted molar refractivity (Wildman–Crippen MR) is 82.0 cm³/mol. The average molecular weight is 287 g/mol. The highest BCUT2D eigenvalue weighted by atomic mass is 16.2. The Hall–Kier alpha value is -1.88. The number of nitrogens with one attached hydrogen (secondary N) is 3. The fourth-order valence-corrected chi connectivity index (χ4v) is 2.18. The molecule has 0 atom stereocenters. The topological polar surface area (TPSA) is 70.2 Å². The van der Waals surface area contributed by atoms with Gasteiger partial charge in [-0.1, -0.05) is 6.07 Å². The van der Waals surface area contributed by atoms with E-state index in [1.807, 2.05) is 18.2 Å². The SMILES string of the molecule is O=C(CNCC1CC1)Nc1cccc(NC(=O)C2CC2)c1. The molecule has 0 bridgehead atoms. The summed E-state index contributed by atoms with van der Waals surface area (Å²) in [4.78, 5) is 23.5. The summed E-state index contributed by atoms with van der Waals surface area (Å²) in [7, 11) is 0. The number of carbonyl (C=O) groups excluding carboxylic acids is 2. The van der Waals surface area contributed by atoms with Crippen molar-refractivity contribution in [2.24, 2.45) is 11.8 Å². The zero-order valence-electron chi connectivity index (χ0n) is 12.0. The standard InChI is InChI=1S/C16H21N3O2/c20-15(10-17-9-11-4-5-11)18-13-2-1-3-14(8-13)19-16(21)12-6-7-12/h1-3,8,11-12,17H,4-7,9-10H2,(H,18,20)(H,19,21). The summed E-state index contributed by atoms with van der Waals surface area (Å²) in [6.45, 7) is 1.25. The predicted octanol–water partition coefficient (Wildman–Crippen LogP) is 1.97. The molecule has 112 valence electrons. The van der Waals surface area contributed by atoms with Gasteiger partial charge in [-0.3, -0.25) is 9.59 Å². The van der Waals surface area contributed by atoms with Crippen molar-refractivity contribution in [3.05, 3.63) is 24.3 Å². The van der Waals surface area contributed by atoms with Crippen molar-refractivity contribution in [3.8, 4) is 0 Å². The molecule has 5 nitrogen and oxygen atoms in total. The largest absolute Gasteiger partial charge is 0.326 e. The molecule has 2 amide bonds. The second-order valence-corrected chi connectivity index (χ2v) is 5.97. The van der Waals surface area contributed by atoms with Crippen LogP contribution < -0.4 is 16.0 Å². The van der Waals surface area contributed by atoms with E-state index in [9.17, 15) is 9.59 Å². The molecule has 0 aliphatic heterocycles. The van der Waals surface area contributed by atoms with E-state index in [0.29, 0.717) is 12.2 Å². The van der Waals surface area contributed by atoms with Gasteiger partial charge in [0.25, 0.3) is 0 Å². The molecule has 2 aliphatic rings. The van der Waals surface area contributed by atoms with Gasteiger partial charge in [0.05, 0.1) is 6.54 Å². The van der Waals surface area contributed by atoms with E-state index < -0.39 is 0 Å². The van der Waals surface area contributed by atoms with Gasteiger partial charge in [-0.15, -0.1) is 0 Å². The van der Waals surface area contributed by atoms with Crippen molar-refractivity contribution in [2.75, 3.05) is 23.7 Å². The number of carbonyl (C=O) groups is 2. The number of amides is 2. The van der Waals surface area contributed by atoms with E-state index in [1.54, 1.807) is 6.07 Å². The molecular weight excluding hydrogens is 266 g/mol. The van der Waals surface area contributed by atoms with Crippen LogP contribution in [0.15, 0.2) is 24.3 Å². The minimum absolute atomic E-state index is 0.0543. The molecular formula is C16H21N3O2. The van der Waals surface area contributed by atoms with Crippen LogP contribution in [0.25, 0.3) is 0 Å². The third-order valence-electron chi connectivity index (χ3n) is 3.78. The van der Waals surface area contributed by atoms with E-state index >= 15 is 0 Å². The summed E-state index contributed by atoms with van der Waals surface area (Å²) >= 11 is 0. The van der Waals surface area contributed by atoms with E-state index in [4.69, 9.17) is 0 Å². The molecule has 0 saturated heterocycles. The quantitative estimate of drug-likeness (QED) is 0.718. The highest BCUT2D eigenvalue weighted by Gasteiger charge is 2.29. The lowest BCUT2D eigenvalue weighted by molar-refractivity contribution is -0.117. The van der Waals surface area contributed by atoms with Gasteiger partial charge in [-0.2, -0.15) is 0 Å². The van der Waals surface area contributed by atoms with Crippen molar-refractivity contribution in [2.45, 2.75) is 25.7 Å². The third-order valence-corrected chi connectivity index (χ3v) is 3.78. The van der Waals surface area contributed by atoms with Crippen LogP contribution in [0.5, 0.6) is 0 Å². The normalized spacial score (nSPS) is 17.3. The smallest absolute Gasteiger partial charge is 0.238 e. The molecule has 1 aromatic carbocycles. The minimum Gasteiger partial charge on any atom is -0.326 e. The van der Waals surface area contributed by atoms with E-state index in [1.165, 1.54) is 12.8 Å². The maximum absolute atomic E-state index is 11.8. The molecule has 0 spiro atoms. The Balaban J connectivity index is 1.47. The Labute approximate surface area is 124 Å². The monoisotopic (exact) mass is 287 g/mol. The Morgan fingerprint density at radius 2 is 1.76 bits per heavy atom. The molecule has 2 fully saturated rings. The summed E-state index contributed by atoms with van der Waals surface area (Å²) in [5, 5.41) is 8.88. The van der Waals surface area contributed by atoms with Crippen molar-refractivity contribution in [1.82, 2.24) is 5.32 Å². The van der Waals surface area contributed by atoms with E-state index in [2.05, 4.69) is 16.0 Å². The van der Waals surface area contributed by atoms with Crippen LogP contribution in [0.1, 0.15) is 25.7 Å². The van der Waals surface area contributed by atoms with Crippen molar-refractivity contribution < 1.29 is 9.59 Å². The van der Waals surface area contributed by atoms with Gasteiger partial charge in [-0.05, 0) is 56.3 Å². The van der Waals surface area contributed by atoms with Crippen LogP contribution in [0, 0.1) is 11.8 Å². The maximum atomic E-state index is 11.8. The Morgan fingerprint density at radius 3 is 2.43 bits per heavy atom. The second kappa shape index (κ2) is 6.26. The van der Waals surface area contributed by atoms with Gasteiger partial charge in [0.15, 0.2) is 0 Å². The molecule has 1 aromatic rings. The highest BCUT2D eigenvalue weighted by Crippen LogP contribution is 2.30. The summed E-state index contributed by atoms with van der Waals surface area (Å²) in [5.41, 5.74) is 1.44. The van der Waals surface area contributed by atoms with Gasteiger partial charge in [0, 0.05) is 17.3 Å². The van der Waals surface area contributed by atoms with Crippen LogP contribution in [0.3, 0.4) is 0 Å². The van der Waals surface area contributed by atoms with Gasteiger partial charge in [-0.25, -0.2) is 0 Å². The van der Waals surface area contributed by atoms with Gasteiger partial charge in [0.2, 0.25) is 11.8 Å².